The number of esters is 2. The molecule has 61 heavy (non-hydrogen) atoms. The zero-order valence-corrected chi connectivity index (χ0v) is 38.1. The molecule has 0 aromatic rings. The van der Waals surface area contributed by atoms with Crippen LogP contribution in [-0.2, 0) is 32.7 Å². The van der Waals surface area contributed by atoms with Gasteiger partial charge in [-0.25, -0.2) is 4.57 Å². The van der Waals surface area contributed by atoms with E-state index in [1.54, 1.807) is 0 Å². The summed E-state index contributed by atoms with van der Waals surface area (Å²) in [6, 6.07) is 0. The Bertz CT molecular complexity index is 1300. The lowest BCUT2D eigenvalue weighted by Gasteiger charge is -2.41. The molecule has 14 heteroatoms. The molecule has 1 aliphatic carbocycles. The summed E-state index contributed by atoms with van der Waals surface area (Å²) in [4.78, 5) is 35.6. The third-order valence-electron chi connectivity index (χ3n) is 10.4. The predicted octanol–water partition coefficient (Wildman–Crippen LogP) is 8.94. The fraction of sp³-hybridized carbons (Fsp3) is 0.745. The highest BCUT2D eigenvalue weighted by Gasteiger charge is 2.51. The van der Waals surface area contributed by atoms with Crippen molar-refractivity contribution in [3.05, 3.63) is 60.8 Å². The molecule has 1 aliphatic rings. The zero-order valence-electron chi connectivity index (χ0n) is 37.2. The van der Waals surface area contributed by atoms with Crippen molar-refractivity contribution in [3.8, 4) is 0 Å². The topological polar surface area (TPSA) is 210 Å². The van der Waals surface area contributed by atoms with Crippen molar-refractivity contribution >= 4 is 19.8 Å². The van der Waals surface area contributed by atoms with Gasteiger partial charge >= 0.3 is 19.8 Å². The van der Waals surface area contributed by atoms with Crippen LogP contribution in [-0.4, -0.2) is 98.3 Å². The number of aliphatic hydroxyl groups is 5. The molecule has 6 unspecified atom stereocenters. The van der Waals surface area contributed by atoms with Crippen LogP contribution in [0, 0.1) is 0 Å². The first-order chi connectivity index (χ1) is 29.4. The number of hydrogen-bond acceptors (Lipinski definition) is 12. The largest absolute Gasteiger partial charge is 0.472 e. The highest BCUT2D eigenvalue weighted by atomic mass is 31.2. The number of unbranched alkanes of at least 4 members (excludes halogenated alkanes) is 15. The third-order valence-corrected chi connectivity index (χ3v) is 11.4. The number of allylic oxidation sites excluding steroid dienone is 10. The van der Waals surface area contributed by atoms with Crippen molar-refractivity contribution < 1.29 is 63.1 Å². The number of phosphoric ester groups is 1. The minimum Gasteiger partial charge on any atom is -0.462 e. The summed E-state index contributed by atoms with van der Waals surface area (Å²) in [5.41, 5.74) is 0. The van der Waals surface area contributed by atoms with E-state index in [4.69, 9.17) is 18.5 Å². The maximum atomic E-state index is 12.8. The Hall–Kier alpha value is -2.45. The molecule has 1 saturated carbocycles. The molecule has 6 N–H and O–H groups in total. The fourth-order valence-electron chi connectivity index (χ4n) is 6.62. The minimum atomic E-state index is -5.13. The van der Waals surface area contributed by atoms with E-state index in [0.29, 0.717) is 19.3 Å². The van der Waals surface area contributed by atoms with E-state index in [2.05, 4.69) is 56.4 Å². The van der Waals surface area contributed by atoms with Crippen LogP contribution < -0.4 is 0 Å². The first-order valence-corrected chi connectivity index (χ1v) is 24.6. The van der Waals surface area contributed by atoms with Gasteiger partial charge in [0.15, 0.2) is 6.10 Å². The Balaban J connectivity index is 2.51. The second-order valence-electron chi connectivity index (χ2n) is 15.9. The van der Waals surface area contributed by atoms with Gasteiger partial charge in [-0.2, -0.15) is 0 Å². The number of aliphatic hydroxyl groups excluding tert-OH is 5. The molecule has 0 heterocycles. The van der Waals surface area contributed by atoms with E-state index in [1.807, 2.05) is 18.2 Å². The highest BCUT2D eigenvalue weighted by Crippen LogP contribution is 2.47. The number of ether oxygens (including phenoxy) is 2. The molecule has 0 aromatic carbocycles. The first kappa shape index (κ1) is 56.6. The first-order valence-electron chi connectivity index (χ1n) is 23.1. The van der Waals surface area contributed by atoms with Crippen LogP contribution in [0.2, 0.25) is 0 Å². The summed E-state index contributed by atoms with van der Waals surface area (Å²) >= 11 is 0. The molecular weight excluding hydrogens is 803 g/mol. The summed E-state index contributed by atoms with van der Waals surface area (Å²) in [5.74, 6) is -1.20. The Morgan fingerprint density at radius 2 is 0.918 bits per heavy atom. The van der Waals surface area contributed by atoms with Gasteiger partial charge in [0.25, 0.3) is 0 Å². The molecule has 0 spiro atoms. The monoisotopic (exact) mass is 885 g/mol. The molecule has 352 valence electrons. The Kier molecular flexibility index (Phi) is 34.3. The number of carbonyl (C=O) groups is 2. The summed E-state index contributed by atoms with van der Waals surface area (Å²) in [6.07, 6.45) is 31.5. The van der Waals surface area contributed by atoms with Gasteiger partial charge in [0.05, 0.1) is 6.61 Å². The summed E-state index contributed by atoms with van der Waals surface area (Å²) in [5, 5.41) is 50.1. The smallest absolute Gasteiger partial charge is 0.462 e. The molecule has 1 rings (SSSR count). The van der Waals surface area contributed by atoms with E-state index in [-0.39, 0.29) is 12.8 Å². The van der Waals surface area contributed by atoms with Gasteiger partial charge in [-0.05, 0) is 51.4 Å². The normalized spacial score (nSPS) is 22.6. The zero-order chi connectivity index (χ0) is 45.0. The lowest BCUT2D eigenvalue weighted by molar-refractivity contribution is -0.220. The van der Waals surface area contributed by atoms with Crippen LogP contribution in [0.1, 0.15) is 168 Å². The van der Waals surface area contributed by atoms with Crippen LogP contribution in [0.15, 0.2) is 60.8 Å². The average molecular weight is 885 g/mol. The van der Waals surface area contributed by atoms with Gasteiger partial charge < -0.3 is 39.9 Å². The number of phosphoric acid groups is 1. The predicted molar refractivity (Wildman–Crippen MR) is 239 cm³/mol. The lowest BCUT2D eigenvalue weighted by Crippen LogP contribution is -2.64. The maximum Gasteiger partial charge on any atom is 0.472 e. The molecule has 0 radical (unpaired) electrons. The number of hydrogen-bond donors (Lipinski definition) is 6. The van der Waals surface area contributed by atoms with Crippen LogP contribution in [0.4, 0.5) is 0 Å². The highest BCUT2D eigenvalue weighted by molar-refractivity contribution is 7.47. The van der Waals surface area contributed by atoms with Crippen molar-refractivity contribution in [1.82, 2.24) is 0 Å². The van der Waals surface area contributed by atoms with E-state index in [0.717, 1.165) is 51.4 Å². The third kappa shape index (κ3) is 29.5. The molecular formula is C47H81O13P. The van der Waals surface area contributed by atoms with Crippen molar-refractivity contribution in [1.29, 1.82) is 0 Å². The Morgan fingerprint density at radius 3 is 1.41 bits per heavy atom. The fourth-order valence-corrected chi connectivity index (χ4v) is 7.59. The Morgan fingerprint density at radius 1 is 0.508 bits per heavy atom. The van der Waals surface area contributed by atoms with Crippen molar-refractivity contribution in [2.75, 3.05) is 13.2 Å². The van der Waals surface area contributed by atoms with Crippen LogP contribution in [0.25, 0.3) is 0 Å². The van der Waals surface area contributed by atoms with E-state index < -0.39 is 75.7 Å². The van der Waals surface area contributed by atoms with E-state index in [1.165, 1.54) is 70.6 Å². The van der Waals surface area contributed by atoms with Crippen LogP contribution in [0.3, 0.4) is 0 Å². The molecule has 0 aromatic heterocycles. The van der Waals surface area contributed by atoms with E-state index in [9.17, 15) is 44.6 Å². The molecule has 0 aliphatic heterocycles. The van der Waals surface area contributed by atoms with E-state index >= 15 is 0 Å². The summed E-state index contributed by atoms with van der Waals surface area (Å²) < 4.78 is 33.4. The SMILES string of the molecule is CCCCC/C=C/C/C=C/C/C=C/C/C=C/C/C=C/CCC(=O)OC[C@@H](COP(=O)(O)OC1C(O)C(O)C(O)[C@H](O)C1O)OC(=O)CCCCCCCCCCCCCCC. The van der Waals surface area contributed by atoms with Crippen molar-refractivity contribution in [3.63, 3.8) is 0 Å². The van der Waals surface area contributed by atoms with Crippen molar-refractivity contribution in [2.45, 2.75) is 211 Å². The summed E-state index contributed by atoms with van der Waals surface area (Å²) in [7, 11) is -5.13. The minimum absolute atomic E-state index is 0.0428. The van der Waals surface area contributed by atoms with Gasteiger partial charge in [0.2, 0.25) is 0 Å². The summed E-state index contributed by atoms with van der Waals surface area (Å²) in [6.45, 7) is 3.20. The lowest BCUT2D eigenvalue weighted by atomic mass is 9.85. The van der Waals surface area contributed by atoms with Gasteiger partial charge in [-0.15, -0.1) is 0 Å². The van der Waals surface area contributed by atoms with Crippen LogP contribution >= 0.6 is 7.82 Å². The molecule has 0 saturated heterocycles. The molecule has 0 amide bonds. The van der Waals surface area contributed by atoms with Crippen molar-refractivity contribution in [2.24, 2.45) is 0 Å². The number of carbonyl (C=O) groups excluding carboxylic acids is 2. The Labute approximate surface area is 366 Å². The number of rotatable bonds is 37. The standard InChI is InChI=1S/C47H81O13P/c1-3-5-7-9-11-13-15-17-18-19-20-21-22-24-25-27-29-31-33-35-40(48)57-37-39(38-58-61(55,56)60-47-45(53)43(51)42(50)44(52)46(47)54)59-41(49)36-34-32-30-28-26-23-16-14-12-10-8-6-4-2/h11,13,17-18,20-21,24-25,29,31,39,42-47,50-54H,3-10,12,14-16,19,22-23,26-28,30,32-38H2,1-2H3,(H,55,56)/b13-11+,18-17+,21-20+,25-24+,31-29+/t39-,42?,43-,44?,45?,46?,47?/m0/s1. The molecule has 8 atom stereocenters. The second kappa shape index (κ2) is 37.0. The average Bonchev–Trinajstić information content (AvgIpc) is 3.24. The molecule has 13 nitrogen and oxygen atoms in total. The van der Waals surface area contributed by atoms with Gasteiger partial charge in [-0.1, -0.05) is 164 Å². The maximum absolute atomic E-state index is 12.8. The molecule has 0 bridgehead atoms. The quantitative estimate of drug-likeness (QED) is 0.0149. The van der Waals surface area contributed by atoms with Crippen LogP contribution in [0.5, 0.6) is 0 Å². The second-order valence-corrected chi connectivity index (χ2v) is 17.3. The van der Waals surface area contributed by atoms with Gasteiger partial charge in [0.1, 0.15) is 43.2 Å². The van der Waals surface area contributed by atoms with Gasteiger partial charge in [-0.3, -0.25) is 18.6 Å². The molecule has 1 fully saturated rings. The van der Waals surface area contributed by atoms with Gasteiger partial charge in [0, 0.05) is 12.8 Å².